The Bertz CT molecular complexity index is 3330. The van der Waals surface area contributed by atoms with E-state index in [1.54, 1.807) is 8.80 Å². The molecule has 6 aromatic carbocycles. The van der Waals surface area contributed by atoms with Gasteiger partial charge in [0, 0.05) is 32.3 Å². The highest BCUT2D eigenvalue weighted by molar-refractivity contribution is 6.66. The van der Waals surface area contributed by atoms with Crippen molar-refractivity contribution < 1.29 is 18.6 Å². The number of benzene rings is 6. The number of fused-ring (bicyclic) bond motifs is 8. The molecular formula is C48H42B2N4O6. The summed E-state index contributed by atoms with van der Waals surface area (Å²) in [5.41, 5.74) is 4.71. The van der Waals surface area contributed by atoms with Gasteiger partial charge in [-0.3, -0.25) is 18.4 Å². The van der Waals surface area contributed by atoms with Crippen molar-refractivity contribution in [3.05, 3.63) is 130 Å². The summed E-state index contributed by atoms with van der Waals surface area (Å²) >= 11 is 0. The lowest BCUT2D eigenvalue weighted by Crippen LogP contribution is -2.41. The maximum absolute atomic E-state index is 13.5. The summed E-state index contributed by atoms with van der Waals surface area (Å²) in [6.45, 7) is 16.4. The third-order valence-electron chi connectivity index (χ3n) is 13.6. The summed E-state index contributed by atoms with van der Waals surface area (Å²) in [5, 5.41) is 7.03. The van der Waals surface area contributed by atoms with Crippen LogP contribution < -0.4 is 22.0 Å². The number of aromatic nitrogens is 4. The van der Waals surface area contributed by atoms with Gasteiger partial charge in [-0.25, -0.2) is 9.97 Å². The van der Waals surface area contributed by atoms with Gasteiger partial charge in [0.25, 0.3) is 11.1 Å². The van der Waals surface area contributed by atoms with Crippen molar-refractivity contribution in [2.24, 2.45) is 0 Å². The van der Waals surface area contributed by atoms with E-state index < -0.39 is 36.6 Å². The number of para-hydroxylation sites is 4. The van der Waals surface area contributed by atoms with Gasteiger partial charge in [0.2, 0.25) is 0 Å². The van der Waals surface area contributed by atoms with Crippen LogP contribution in [0.5, 0.6) is 0 Å². The molecule has 2 fully saturated rings. The van der Waals surface area contributed by atoms with Crippen LogP contribution in [0.15, 0.2) is 119 Å². The molecule has 0 unspecified atom stereocenters. The predicted octanol–water partition coefficient (Wildman–Crippen LogP) is 7.78. The van der Waals surface area contributed by atoms with E-state index in [1.165, 1.54) is 0 Å². The van der Waals surface area contributed by atoms with Gasteiger partial charge >= 0.3 is 14.2 Å². The van der Waals surface area contributed by atoms with Gasteiger partial charge in [-0.15, -0.1) is 0 Å². The van der Waals surface area contributed by atoms with E-state index in [-0.39, 0.29) is 11.1 Å². The van der Waals surface area contributed by atoms with E-state index >= 15 is 0 Å². The lowest BCUT2D eigenvalue weighted by Gasteiger charge is -2.32. The zero-order valence-electron chi connectivity index (χ0n) is 34.8. The highest BCUT2D eigenvalue weighted by Crippen LogP contribution is 2.39. The summed E-state index contributed by atoms with van der Waals surface area (Å²) in [4.78, 5) is 36.5. The molecule has 0 N–H and O–H groups in total. The SMILES string of the molecule is CC1(C)OB(c2ccc3c(=O)n4c5ccccc5nc4c4cccc2c34)OC1(C)C.CC1(C)OB(c2ccc3c4c2cccc4c(=O)n2c4ccccc4nc32)OC1(C)C. The second-order valence-electron chi connectivity index (χ2n) is 18.2. The van der Waals surface area contributed by atoms with Gasteiger partial charge in [0.15, 0.2) is 0 Å². The molecule has 0 bridgehead atoms. The predicted molar refractivity (Wildman–Crippen MR) is 242 cm³/mol. The van der Waals surface area contributed by atoms with Crippen molar-refractivity contribution in [3.8, 4) is 0 Å². The van der Waals surface area contributed by atoms with Crippen LogP contribution in [-0.4, -0.2) is 55.4 Å². The first-order chi connectivity index (χ1) is 28.6. The van der Waals surface area contributed by atoms with E-state index in [1.807, 2.05) is 165 Å². The molecule has 0 atom stereocenters. The minimum atomic E-state index is -0.491. The highest BCUT2D eigenvalue weighted by atomic mass is 16.7. The fourth-order valence-corrected chi connectivity index (χ4v) is 9.00. The average molecular weight is 793 g/mol. The summed E-state index contributed by atoms with van der Waals surface area (Å²) in [6.07, 6.45) is 0. The normalized spacial score (nSPS) is 18.3. The Hall–Kier alpha value is -5.91. The third-order valence-corrected chi connectivity index (χ3v) is 13.6. The van der Waals surface area contributed by atoms with E-state index in [9.17, 15) is 9.59 Å². The summed E-state index contributed by atoms with van der Waals surface area (Å²) in [7, 11) is -0.981. The Morgan fingerprint density at radius 1 is 0.417 bits per heavy atom. The van der Waals surface area contributed by atoms with E-state index in [0.717, 1.165) is 65.3 Å². The molecule has 4 aromatic heterocycles. The maximum Gasteiger partial charge on any atom is 0.495 e. The van der Waals surface area contributed by atoms with Crippen molar-refractivity contribution in [1.29, 1.82) is 0 Å². The van der Waals surface area contributed by atoms with Gasteiger partial charge in [0.1, 0.15) is 11.3 Å². The number of nitrogens with zero attached hydrogens (tertiary/aromatic N) is 4. The number of imidazole rings is 2. The Balaban J connectivity index is 0.000000136. The molecule has 0 spiro atoms. The second-order valence-corrected chi connectivity index (χ2v) is 18.2. The second kappa shape index (κ2) is 12.3. The summed E-state index contributed by atoms with van der Waals surface area (Å²) < 4.78 is 28.7. The molecule has 10 nitrogen and oxygen atoms in total. The quantitative estimate of drug-likeness (QED) is 0.164. The number of pyridine rings is 2. The minimum Gasteiger partial charge on any atom is -0.399 e. The Kier molecular flexibility index (Phi) is 7.63. The smallest absolute Gasteiger partial charge is 0.399 e. The molecule has 0 saturated carbocycles. The topological polar surface area (TPSA) is 106 Å². The summed E-state index contributed by atoms with van der Waals surface area (Å²) in [6, 6.07) is 35.4. The van der Waals surface area contributed by atoms with E-state index in [2.05, 4.69) is 0 Å². The standard InChI is InChI=1S/2C24H21BN2O3/c1-23(2)24(3,4)30-25(29-23)17-13-12-15-20-14(17)8-7-9-16(20)22(28)27-19-11-6-5-10-18(19)26-21(15)27;1-23(2)24(3,4)30-25(29-23)17-13-12-16-20-14(17)8-7-9-15(20)21-26-18-10-5-6-11-19(18)27(21)22(16)28/h2*5-13H,1-4H3. The van der Waals surface area contributed by atoms with Crippen molar-refractivity contribution in [3.63, 3.8) is 0 Å². The number of rotatable bonds is 2. The number of hydrogen-bond acceptors (Lipinski definition) is 8. The van der Waals surface area contributed by atoms with Gasteiger partial charge in [-0.1, -0.05) is 72.8 Å². The third kappa shape index (κ3) is 5.05. The van der Waals surface area contributed by atoms with Crippen molar-refractivity contribution in [2.45, 2.75) is 77.8 Å². The van der Waals surface area contributed by atoms with Crippen LogP contribution >= 0.6 is 0 Å². The van der Waals surface area contributed by atoms with Gasteiger partial charge in [0.05, 0.1) is 44.5 Å². The van der Waals surface area contributed by atoms with Crippen LogP contribution in [0.4, 0.5) is 0 Å². The Morgan fingerprint density at radius 2 is 0.767 bits per heavy atom. The zero-order chi connectivity index (χ0) is 41.7. The first-order valence-corrected chi connectivity index (χ1v) is 20.4. The molecule has 2 aliphatic heterocycles. The van der Waals surface area contributed by atoms with E-state index in [0.29, 0.717) is 22.1 Å². The average Bonchev–Trinajstić information content (AvgIpc) is 3.92. The summed E-state index contributed by atoms with van der Waals surface area (Å²) in [5.74, 6) is 0. The van der Waals surface area contributed by atoms with Crippen LogP contribution in [0, 0.1) is 0 Å². The molecule has 0 amide bonds. The van der Waals surface area contributed by atoms with Crippen LogP contribution in [0.1, 0.15) is 55.4 Å². The lowest BCUT2D eigenvalue weighted by molar-refractivity contribution is 0.00578. The first kappa shape index (κ1) is 37.1. The molecule has 10 aromatic rings. The van der Waals surface area contributed by atoms with Crippen LogP contribution in [0.3, 0.4) is 0 Å². The largest absolute Gasteiger partial charge is 0.495 e. The molecule has 2 saturated heterocycles. The maximum atomic E-state index is 13.5. The molecular weight excluding hydrogens is 750 g/mol. The first-order valence-electron chi connectivity index (χ1n) is 20.4. The molecule has 12 rings (SSSR count). The lowest BCUT2D eigenvalue weighted by atomic mass is 9.75. The highest BCUT2D eigenvalue weighted by Gasteiger charge is 2.53. The molecule has 2 aliphatic rings. The van der Waals surface area contributed by atoms with Crippen LogP contribution in [0.2, 0.25) is 0 Å². The van der Waals surface area contributed by atoms with Gasteiger partial charge in [-0.2, -0.15) is 0 Å². The van der Waals surface area contributed by atoms with Crippen molar-refractivity contribution in [1.82, 2.24) is 18.8 Å². The molecule has 0 aliphatic carbocycles. The van der Waals surface area contributed by atoms with Gasteiger partial charge < -0.3 is 18.6 Å². The molecule has 0 radical (unpaired) electrons. The van der Waals surface area contributed by atoms with Crippen molar-refractivity contribution >= 4 is 102 Å². The fraction of sp³-hybridized carbons (Fsp3) is 0.250. The molecule has 6 heterocycles. The molecule has 296 valence electrons. The fourth-order valence-electron chi connectivity index (χ4n) is 9.00. The molecule has 60 heavy (non-hydrogen) atoms. The monoisotopic (exact) mass is 792 g/mol. The Labute approximate surface area is 345 Å². The van der Waals surface area contributed by atoms with Crippen LogP contribution in [0.25, 0.3) is 76.5 Å². The van der Waals surface area contributed by atoms with Crippen LogP contribution in [-0.2, 0) is 18.6 Å². The van der Waals surface area contributed by atoms with Gasteiger partial charge in [-0.05, 0) is 113 Å². The minimum absolute atomic E-state index is 0.0529. The number of hydrogen-bond donors (Lipinski definition) is 0. The Morgan fingerprint density at radius 3 is 1.22 bits per heavy atom. The van der Waals surface area contributed by atoms with Crippen molar-refractivity contribution in [2.75, 3.05) is 0 Å². The van der Waals surface area contributed by atoms with E-state index in [4.69, 9.17) is 28.6 Å². The molecule has 12 heteroatoms. The zero-order valence-corrected chi connectivity index (χ0v) is 34.8.